The lowest BCUT2D eigenvalue weighted by Gasteiger charge is -2.05. The van der Waals surface area contributed by atoms with E-state index in [4.69, 9.17) is 10.9 Å². The molecule has 0 amide bonds. The number of nitrogens with two attached hydrogens (primary N) is 1. The molecule has 0 aliphatic carbocycles. The maximum Gasteiger partial charge on any atom is 0.293 e. The van der Waals surface area contributed by atoms with E-state index in [0.717, 1.165) is 5.56 Å². The van der Waals surface area contributed by atoms with Crippen LogP contribution in [0.3, 0.4) is 0 Å². The van der Waals surface area contributed by atoms with Crippen LogP contribution in [0.4, 0.5) is 11.4 Å². The number of nitro benzene ring substituents is 1. The Hall–Kier alpha value is -1.31. The zero-order valence-electron chi connectivity index (χ0n) is 8.55. The fraction of sp³-hybridized carbons (Fsp3) is 0.333. The van der Waals surface area contributed by atoms with E-state index in [2.05, 4.69) is 5.43 Å². The van der Waals surface area contributed by atoms with Gasteiger partial charge >= 0.3 is 0 Å². The Morgan fingerprint density at radius 2 is 2.31 bits per heavy atom. The highest BCUT2D eigenvalue weighted by Crippen LogP contribution is 2.26. The maximum absolute atomic E-state index is 10.6. The summed E-state index contributed by atoms with van der Waals surface area (Å²) in [5.41, 5.74) is 3.49. The number of aliphatic hydroxyl groups is 1. The van der Waals surface area contributed by atoms with Crippen LogP contribution < -0.4 is 11.3 Å². The zero-order valence-corrected chi connectivity index (χ0v) is 9.37. The fourth-order valence-corrected chi connectivity index (χ4v) is 1.89. The van der Waals surface area contributed by atoms with Crippen LogP contribution in [0.1, 0.15) is 5.56 Å². The molecule has 88 valence electrons. The van der Waals surface area contributed by atoms with E-state index >= 15 is 0 Å². The summed E-state index contributed by atoms with van der Waals surface area (Å²) < 4.78 is 0. The van der Waals surface area contributed by atoms with Crippen molar-refractivity contribution in [2.24, 2.45) is 5.84 Å². The highest BCUT2D eigenvalue weighted by molar-refractivity contribution is 7.98. The van der Waals surface area contributed by atoms with E-state index in [1.165, 1.54) is 6.07 Å². The number of benzene rings is 1. The van der Waals surface area contributed by atoms with Crippen LogP contribution in [0, 0.1) is 10.1 Å². The second-order valence-electron chi connectivity index (χ2n) is 3.03. The monoisotopic (exact) mass is 243 g/mol. The minimum atomic E-state index is -0.486. The summed E-state index contributed by atoms with van der Waals surface area (Å²) in [4.78, 5) is 10.1. The molecule has 0 atom stereocenters. The van der Waals surface area contributed by atoms with Crippen molar-refractivity contribution in [1.82, 2.24) is 0 Å². The van der Waals surface area contributed by atoms with E-state index in [1.54, 1.807) is 23.9 Å². The molecule has 1 rings (SSSR count). The van der Waals surface area contributed by atoms with E-state index in [0.29, 0.717) is 17.2 Å². The standard InChI is InChI=1S/C9H13N3O3S/c10-11-8-5-7(6-16-4-3-13)1-2-9(8)12(14)15/h1-2,5,11,13H,3-4,6,10H2. The summed E-state index contributed by atoms with van der Waals surface area (Å²) in [6.45, 7) is 0.125. The summed E-state index contributed by atoms with van der Waals surface area (Å²) in [5.74, 6) is 6.54. The highest BCUT2D eigenvalue weighted by atomic mass is 32.2. The van der Waals surface area contributed by atoms with Crippen LogP contribution in [0.2, 0.25) is 0 Å². The zero-order chi connectivity index (χ0) is 12.0. The normalized spacial score (nSPS) is 10.1. The lowest BCUT2D eigenvalue weighted by atomic mass is 10.2. The molecule has 1 aromatic carbocycles. The lowest BCUT2D eigenvalue weighted by molar-refractivity contribution is -0.384. The summed E-state index contributed by atoms with van der Waals surface area (Å²) in [6, 6.07) is 4.75. The molecule has 0 aliphatic heterocycles. The summed E-state index contributed by atoms with van der Waals surface area (Å²) >= 11 is 1.55. The molecule has 16 heavy (non-hydrogen) atoms. The van der Waals surface area contributed by atoms with E-state index < -0.39 is 4.92 Å². The Labute approximate surface area is 97.0 Å². The van der Waals surface area contributed by atoms with Crippen molar-refractivity contribution >= 4 is 23.1 Å². The quantitative estimate of drug-likeness (QED) is 0.299. The van der Waals surface area contributed by atoms with Gasteiger partial charge in [0.05, 0.1) is 11.5 Å². The van der Waals surface area contributed by atoms with Crippen molar-refractivity contribution < 1.29 is 10.0 Å². The van der Waals surface area contributed by atoms with Gasteiger partial charge in [-0.15, -0.1) is 0 Å². The number of nitrogen functional groups attached to an aromatic ring is 1. The third-order valence-electron chi connectivity index (χ3n) is 1.92. The fourth-order valence-electron chi connectivity index (χ4n) is 1.20. The Bertz CT molecular complexity index is 373. The molecule has 1 aromatic rings. The number of aliphatic hydroxyl groups excluding tert-OH is 1. The molecule has 0 saturated carbocycles. The second-order valence-corrected chi connectivity index (χ2v) is 4.13. The van der Waals surface area contributed by atoms with Crippen molar-refractivity contribution in [1.29, 1.82) is 0 Å². The van der Waals surface area contributed by atoms with Crippen LogP contribution in [0.5, 0.6) is 0 Å². The van der Waals surface area contributed by atoms with Gasteiger partial charge in [0.2, 0.25) is 0 Å². The van der Waals surface area contributed by atoms with Gasteiger partial charge in [-0.3, -0.25) is 16.0 Å². The van der Waals surface area contributed by atoms with E-state index in [-0.39, 0.29) is 12.3 Å². The molecule has 0 aromatic heterocycles. The maximum atomic E-state index is 10.6. The molecule has 0 bridgehead atoms. The van der Waals surface area contributed by atoms with Gasteiger partial charge in [-0.1, -0.05) is 6.07 Å². The van der Waals surface area contributed by atoms with Crippen molar-refractivity contribution in [2.45, 2.75) is 5.75 Å². The Kier molecular flexibility index (Phi) is 5.03. The lowest BCUT2D eigenvalue weighted by Crippen LogP contribution is -2.09. The number of hydrogen-bond acceptors (Lipinski definition) is 6. The SMILES string of the molecule is NNc1cc(CSCCO)ccc1[N+](=O)[O-]. The number of anilines is 1. The topological polar surface area (TPSA) is 101 Å². The summed E-state index contributed by atoms with van der Waals surface area (Å²) in [5, 5.41) is 19.2. The van der Waals surface area contributed by atoms with Crippen molar-refractivity contribution in [3.63, 3.8) is 0 Å². The number of hydrogen-bond donors (Lipinski definition) is 3. The van der Waals surface area contributed by atoms with Gasteiger partial charge in [-0.2, -0.15) is 11.8 Å². The minimum absolute atomic E-state index is 0.0431. The first-order chi connectivity index (χ1) is 7.69. The number of thioether (sulfide) groups is 1. The molecule has 0 fully saturated rings. The molecule has 0 saturated heterocycles. The number of nitro groups is 1. The van der Waals surface area contributed by atoms with Crippen LogP contribution in [0.15, 0.2) is 18.2 Å². The summed E-state index contributed by atoms with van der Waals surface area (Å²) in [7, 11) is 0. The third kappa shape index (κ3) is 3.37. The van der Waals surface area contributed by atoms with Gasteiger partial charge in [0.1, 0.15) is 5.69 Å². The molecule has 0 radical (unpaired) electrons. The smallest absolute Gasteiger partial charge is 0.293 e. The minimum Gasteiger partial charge on any atom is -0.396 e. The molecule has 7 heteroatoms. The predicted molar refractivity (Wildman–Crippen MR) is 64.2 cm³/mol. The molecule has 0 heterocycles. The second kappa shape index (κ2) is 6.31. The van der Waals surface area contributed by atoms with Crippen LogP contribution >= 0.6 is 11.8 Å². The van der Waals surface area contributed by atoms with Gasteiger partial charge < -0.3 is 10.5 Å². The molecular weight excluding hydrogens is 230 g/mol. The van der Waals surface area contributed by atoms with Crippen LogP contribution in [0.25, 0.3) is 0 Å². The van der Waals surface area contributed by atoms with Crippen molar-refractivity contribution in [2.75, 3.05) is 17.8 Å². The number of rotatable bonds is 6. The summed E-state index contributed by atoms with van der Waals surface area (Å²) in [6.07, 6.45) is 0. The van der Waals surface area contributed by atoms with Crippen LogP contribution in [-0.4, -0.2) is 22.4 Å². The van der Waals surface area contributed by atoms with Crippen LogP contribution in [-0.2, 0) is 5.75 Å². The number of nitrogens with zero attached hydrogens (tertiary/aromatic N) is 1. The Balaban J connectivity index is 2.78. The van der Waals surface area contributed by atoms with Gasteiger partial charge in [-0.25, -0.2) is 0 Å². The Morgan fingerprint density at radius 1 is 1.56 bits per heavy atom. The highest BCUT2D eigenvalue weighted by Gasteiger charge is 2.12. The van der Waals surface area contributed by atoms with Gasteiger partial charge in [0.25, 0.3) is 5.69 Å². The molecule has 0 unspecified atom stereocenters. The van der Waals surface area contributed by atoms with Gasteiger partial charge in [0.15, 0.2) is 0 Å². The molecule has 4 N–H and O–H groups in total. The van der Waals surface area contributed by atoms with Gasteiger partial charge in [0, 0.05) is 17.6 Å². The third-order valence-corrected chi connectivity index (χ3v) is 2.93. The molecular formula is C9H13N3O3S. The first-order valence-electron chi connectivity index (χ1n) is 4.61. The van der Waals surface area contributed by atoms with Gasteiger partial charge in [-0.05, 0) is 11.6 Å². The average Bonchev–Trinajstić information content (AvgIpc) is 2.29. The molecule has 6 nitrogen and oxygen atoms in total. The largest absolute Gasteiger partial charge is 0.396 e. The Morgan fingerprint density at radius 3 is 2.88 bits per heavy atom. The van der Waals surface area contributed by atoms with E-state index in [1.807, 2.05) is 0 Å². The molecule has 0 spiro atoms. The number of hydrazine groups is 1. The average molecular weight is 243 g/mol. The first-order valence-corrected chi connectivity index (χ1v) is 5.77. The molecule has 0 aliphatic rings. The van der Waals surface area contributed by atoms with Crippen molar-refractivity contribution in [3.8, 4) is 0 Å². The first kappa shape index (κ1) is 12.8. The number of nitrogens with one attached hydrogen (secondary N) is 1. The van der Waals surface area contributed by atoms with Crippen molar-refractivity contribution in [3.05, 3.63) is 33.9 Å². The predicted octanol–water partition coefficient (Wildman–Crippen LogP) is 1.11. The van der Waals surface area contributed by atoms with E-state index in [9.17, 15) is 10.1 Å².